The number of aliphatic hydroxyl groups excluding tert-OH is 1. The van der Waals surface area contributed by atoms with Crippen molar-refractivity contribution in [3.63, 3.8) is 0 Å². The molecule has 0 radical (unpaired) electrons. The molecule has 34 heavy (non-hydrogen) atoms. The Morgan fingerprint density at radius 3 is 3.00 bits per heavy atom. The molecule has 5 rings (SSSR count). The van der Waals surface area contributed by atoms with Gasteiger partial charge in [0.05, 0.1) is 30.6 Å². The van der Waals surface area contributed by atoms with Gasteiger partial charge in [0, 0.05) is 36.8 Å². The Bertz CT molecular complexity index is 1120. The summed E-state index contributed by atoms with van der Waals surface area (Å²) in [4.78, 5) is 11.4. The Balaban J connectivity index is 1.21. The number of benzene rings is 1. The number of ether oxygens (including phenoxy) is 1. The molecule has 1 aromatic carbocycles. The first-order valence-electron chi connectivity index (χ1n) is 12.4. The van der Waals surface area contributed by atoms with Crippen molar-refractivity contribution in [2.45, 2.75) is 43.9 Å². The number of hydrogen-bond acceptors (Lipinski definition) is 6. The van der Waals surface area contributed by atoms with Crippen molar-refractivity contribution in [3.8, 4) is 5.75 Å². The standard InChI is InChI=1S/C28H34N4O2/c1-34-23-17-25-24(10-4-11-26(25)31-18-23)28(33)19-32-14-6-7-20-15-22(16-27(20)32)30-13-5-9-21-8-2-3-12-29-21/h2-5,8-12,17-18,20,22,27-28,30,33H,6-7,13-16,19H2,1H3/b9-5+. The van der Waals surface area contributed by atoms with Crippen LogP contribution in [0.1, 0.15) is 43.0 Å². The number of aromatic nitrogens is 2. The molecule has 1 aliphatic heterocycles. The first-order valence-corrected chi connectivity index (χ1v) is 12.4. The van der Waals surface area contributed by atoms with E-state index in [-0.39, 0.29) is 0 Å². The monoisotopic (exact) mass is 458 g/mol. The molecule has 3 heterocycles. The third-order valence-electron chi connectivity index (χ3n) is 7.38. The van der Waals surface area contributed by atoms with Crippen molar-refractivity contribution in [1.29, 1.82) is 0 Å². The van der Waals surface area contributed by atoms with Gasteiger partial charge in [0.2, 0.25) is 0 Å². The number of nitrogens with zero attached hydrogens (tertiary/aromatic N) is 3. The maximum absolute atomic E-state index is 11.3. The van der Waals surface area contributed by atoms with Crippen molar-refractivity contribution < 1.29 is 9.84 Å². The van der Waals surface area contributed by atoms with E-state index in [4.69, 9.17) is 4.74 Å². The van der Waals surface area contributed by atoms with E-state index in [1.807, 2.05) is 48.7 Å². The van der Waals surface area contributed by atoms with E-state index in [0.29, 0.717) is 30.3 Å². The molecule has 0 bridgehead atoms. The summed E-state index contributed by atoms with van der Waals surface area (Å²) in [7, 11) is 1.65. The normalized spacial score (nSPS) is 23.9. The molecule has 3 aromatic rings. The van der Waals surface area contributed by atoms with Crippen LogP contribution in [0.15, 0.2) is 60.9 Å². The fraction of sp³-hybridized carbons (Fsp3) is 0.429. The minimum absolute atomic E-state index is 0.521. The molecule has 6 heteroatoms. The second-order valence-corrected chi connectivity index (χ2v) is 9.50. The number of nitrogens with one attached hydrogen (secondary N) is 1. The smallest absolute Gasteiger partial charge is 0.137 e. The topological polar surface area (TPSA) is 70.5 Å². The summed E-state index contributed by atoms with van der Waals surface area (Å²) in [5.41, 5.74) is 2.81. The van der Waals surface area contributed by atoms with Crippen LogP contribution in [0.2, 0.25) is 0 Å². The third kappa shape index (κ3) is 5.14. The summed E-state index contributed by atoms with van der Waals surface area (Å²) in [6, 6.07) is 15.0. The zero-order valence-corrected chi connectivity index (χ0v) is 19.8. The number of piperidine rings is 1. The maximum Gasteiger partial charge on any atom is 0.137 e. The Kier molecular flexibility index (Phi) is 7.19. The van der Waals surface area contributed by atoms with E-state index >= 15 is 0 Å². The maximum atomic E-state index is 11.3. The van der Waals surface area contributed by atoms with E-state index in [1.165, 1.54) is 19.3 Å². The van der Waals surface area contributed by atoms with Crippen LogP contribution in [0, 0.1) is 5.92 Å². The van der Waals surface area contributed by atoms with Crippen LogP contribution in [0.25, 0.3) is 17.0 Å². The predicted molar refractivity (Wildman–Crippen MR) is 136 cm³/mol. The van der Waals surface area contributed by atoms with Gasteiger partial charge in [-0.2, -0.15) is 0 Å². The Labute approximate surface area is 201 Å². The van der Waals surface area contributed by atoms with Crippen molar-refractivity contribution in [1.82, 2.24) is 20.2 Å². The van der Waals surface area contributed by atoms with Gasteiger partial charge >= 0.3 is 0 Å². The van der Waals surface area contributed by atoms with Gasteiger partial charge < -0.3 is 15.2 Å². The number of aliphatic hydroxyl groups is 1. The van der Waals surface area contributed by atoms with E-state index in [1.54, 1.807) is 13.3 Å². The predicted octanol–water partition coefficient (Wildman–Crippen LogP) is 4.22. The molecule has 1 saturated carbocycles. The lowest BCUT2D eigenvalue weighted by Crippen LogP contribution is -2.44. The van der Waals surface area contributed by atoms with Crippen LogP contribution >= 0.6 is 0 Å². The number of rotatable bonds is 8. The fourth-order valence-electron chi connectivity index (χ4n) is 5.74. The molecule has 178 valence electrons. The van der Waals surface area contributed by atoms with Crippen LogP contribution in [-0.2, 0) is 0 Å². The van der Waals surface area contributed by atoms with Crippen molar-refractivity contribution >= 4 is 17.0 Å². The van der Waals surface area contributed by atoms with Crippen molar-refractivity contribution in [2.75, 3.05) is 26.7 Å². The fourth-order valence-corrected chi connectivity index (χ4v) is 5.74. The van der Waals surface area contributed by atoms with E-state index < -0.39 is 6.10 Å². The molecule has 4 atom stereocenters. The number of β-amino-alcohol motifs (C(OH)–C–C–N with tert-alkyl or cyclic N) is 1. The van der Waals surface area contributed by atoms with Gasteiger partial charge in [-0.3, -0.25) is 14.9 Å². The first kappa shape index (κ1) is 23.0. The summed E-state index contributed by atoms with van der Waals surface area (Å²) in [5, 5.41) is 16.0. The molecule has 1 aliphatic carbocycles. The SMILES string of the molecule is COc1cnc2cccc(C(O)CN3CCCC4CC(NC/C=C/c5ccccn5)CC43)c2c1. The summed E-state index contributed by atoms with van der Waals surface area (Å²) >= 11 is 0. The molecular weight excluding hydrogens is 424 g/mol. The molecule has 2 aliphatic rings. The van der Waals surface area contributed by atoms with Gasteiger partial charge in [0.15, 0.2) is 0 Å². The van der Waals surface area contributed by atoms with Gasteiger partial charge in [-0.25, -0.2) is 0 Å². The lowest BCUT2D eigenvalue weighted by Gasteiger charge is -2.38. The lowest BCUT2D eigenvalue weighted by molar-refractivity contribution is 0.0510. The largest absolute Gasteiger partial charge is 0.495 e. The van der Waals surface area contributed by atoms with E-state index in [9.17, 15) is 5.11 Å². The lowest BCUT2D eigenvalue weighted by atomic mass is 9.91. The van der Waals surface area contributed by atoms with Gasteiger partial charge in [0.1, 0.15) is 5.75 Å². The third-order valence-corrected chi connectivity index (χ3v) is 7.38. The highest BCUT2D eigenvalue weighted by molar-refractivity contribution is 5.83. The molecule has 0 amide bonds. The molecule has 6 nitrogen and oxygen atoms in total. The van der Waals surface area contributed by atoms with Crippen molar-refractivity contribution in [2.24, 2.45) is 5.92 Å². The number of pyridine rings is 2. The average molecular weight is 459 g/mol. The summed E-state index contributed by atoms with van der Waals surface area (Å²) < 4.78 is 5.37. The quantitative estimate of drug-likeness (QED) is 0.527. The summed E-state index contributed by atoms with van der Waals surface area (Å²) in [6.45, 7) is 2.56. The molecule has 2 fully saturated rings. The van der Waals surface area contributed by atoms with Gasteiger partial charge in [-0.1, -0.05) is 24.3 Å². The number of hydrogen-bond donors (Lipinski definition) is 2. The first-order chi connectivity index (χ1) is 16.7. The molecule has 1 saturated heterocycles. The highest BCUT2D eigenvalue weighted by Gasteiger charge is 2.40. The second-order valence-electron chi connectivity index (χ2n) is 9.50. The van der Waals surface area contributed by atoms with Crippen LogP contribution in [0.5, 0.6) is 5.75 Å². The summed E-state index contributed by atoms with van der Waals surface area (Å²) in [5.74, 6) is 1.42. The van der Waals surface area contributed by atoms with Gasteiger partial charge in [-0.05, 0) is 74.1 Å². The number of fused-ring (bicyclic) bond motifs is 2. The minimum Gasteiger partial charge on any atom is -0.495 e. The Hall–Kier alpha value is -2.80. The Morgan fingerprint density at radius 1 is 1.21 bits per heavy atom. The molecule has 2 N–H and O–H groups in total. The van der Waals surface area contributed by atoms with Gasteiger partial charge in [0.25, 0.3) is 0 Å². The molecular formula is C28H34N4O2. The number of likely N-dealkylation sites (tertiary alicyclic amines) is 1. The summed E-state index contributed by atoms with van der Waals surface area (Å²) in [6.07, 6.45) is 12.1. The highest BCUT2D eigenvalue weighted by atomic mass is 16.5. The van der Waals surface area contributed by atoms with E-state index in [2.05, 4.69) is 32.3 Å². The van der Waals surface area contributed by atoms with Crippen LogP contribution in [0.3, 0.4) is 0 Å². The average Bonchev–Trinajstić information content (AvgIpc) is 3.30. The van der Waals surface area contributed by atoms with E-state index in [0.717, 1.165) is 41.7 Å². The zero-order valence-electron chi connectivity index (χ0n) is 19.8. The van der Waals surface area contributed by atoms with Gasteiger partial charge in [-0.15, -0.1) is 0 Å². The van der Waals surface area contributed by atoms with Crippen molar-refractivity contribution in [3.05, 3.63) is 72.2 Å². The second kappa shape index (κ2) is 10.6. The number of methoxy groups -OCH3 is 1. The zero-order chi connectivity index (χ0) is 23.3. The highest BCUT2D eigenvalue weighted by Crippen LogP contribution is 2.38. The Morgan fingerprint density at radius 2 is 2.15 bits per heavy atom. The van der Waals surface area contributed by atoms with Crippen LogP contribution in [-0.4, -0.2) is 58.8 Å². The molecule has 2 aromatic heterocycles. The van der Waals surface area contributed by atoms with Crippen LogP contribution < -0.4 is 10.1 Å². The molecule has 0 spiro atoms. The minimum atomic E-state index is -0.551. The van der Waals surface area contributed by atoms with Crippen LogP contribution in [0.4, 0.5) is 0 Å². The molecule has 4 unspecified atom stereocenters.